The van der Waals surface area contributed by atoms with Gasteiger partial charge in [0.25, 0.3) is 11.8 Å². The Hall–Kier alpha value is -6.79. The quantitative estimate of drug-likeness (QED) is 0.0460. The van der Waals surface area contributed by atoms with E-state index in [0.717, 1.165) is 32.9 Å². The van der Waals surface area contributed by atoms with Crippen molar-refractivity contribution in [3.05, 3.63) is 142 Å². The van der Waals surface area contributed by atoms with Crippen molar-refractivity contribution < 1.29 is 43.8 Å². The second-order valence-corrected chi connectivity index (χ2v) is 17.3. The van der Waals surface area contributed by atoms with Gasteiger partial charge in [-0.15, -0.1) is 23.1 Å². The van der Waals surface area contributed by atoms with E-state index >= 15 is 0 Å². The fourth-order valence-electron chi connectivity index (χ4n) is 8.48. The SMILES string of the molecule is Nc1nc(C(=NOC(c2ccccc2)(c2ccccc2)c2ccccc2)C(=O)N[C@@H]2C(=O)N3C(C(=O)O)=C(C=C4CCN(C5CCN(C(=O)CCC(=O)O)CC5)C4=O)CS[C@H]23)cs1. The smallest absolute Gasteiger partial charge is 0.352 e. The van der Waals surface area contributed by atoms with Gasteiger partial charge in [0.15, 0.2) is 10.8 Å². The maximum atomic E-state index is 14.3. The number of oxime groups is 1. The number of aromatic nitrogens is 1. The van der Waals surface area contributed by atoms with Crippen LogP contribution in [0.3, 0.4) is 0 Å². The van der Waals surface area contributed by atoms with Crippen molar-refractivity contribution >= 4 is 69.5 Å². The summed E-state index contributed by atoms with van der Waals surface area (Å²) in [6, 6.07) is 27.1. The van der Waals surface area contributed by atoms with Crippen LogP contribution in [0, 0.1) is 0 Å². The van der Waals surface area contributed by atoms with E-state index in [1.54, 1.807) is 21.3 Å². The number of rotatable bonds is 14. The number of carboxylic acids is 2. The molecule has 4 aliphatic rings. The number of thioether (sulfide) groups is 1. The number of carbonyl (C=O) groups excluding carboxylic acids is 4. The van der Waals surface area contributed by atoms with Gasteiger partial charge in [0, 0.05) is 65.5 Å². The molecule has 4 aliphatic heterocycles. The minimum atomic E-state index is -1.35. The fourth-order valence-corrected chi connectivity index (χ4v) is 10.3. The van der Waals surface area contributed by atoms with Crippen LogP contribution in [-0.2, 0) is 39.2 Å². The molecule has 324 valence electrons. The maximum absolute atomic E-state index is 14.3. The largest absolute Gasteiger partial charge is 0.481 e. The van der Waals surface area contributed by atoms with Crippen LogP contribution >= 0.6 is 23.1 Å². The zero-order chi connectivity index (χ0) is 44.3. The molecule has 0 radical (unpaired) electrons. The number of nitrogens with one attached hydrogen (secondary N) is 1. The standard InChI is InChI=1S/C45H43N7O9S2/c46-44-47-33(26-63-44)36(49-61-45(29-10-4-1-5-11-29,30-12-6-2-7-13-30)31-14-8-3-9-15-31)39(56)48-37-41(58)52-38(43(59)60)28(25-62-42(37)52)24-27-18-23-51(40(27)57)32-19-21-50(22-20-32)34(53)16-17-35(54)55/h1-15,24,26,32,37,42H,16-23,25H2,(H2,46,47)(H,48,56)(H,54,55)(H,59,60)/t37-,42-/m1/s1. The monoisotopic (exact) mass is 889 g/mol. The zero-order valence-electron chi connectivity index (χ0n) is 33.8. The highest BCUT2D eigenvalue weighted by Crippen LogP contribution is 2.43. The van der Waals surface area contributed by atoms with Crippen LogP contribution in [0.1, 0.15) is 54.5 Å². The second-order valence-electron chi connectivity index (χ2n) is 15.3. The molecule has 16 nitrogen and oxygen atoms in total. The summed E-state index contributed by atoms with van der Waals surface area (Å²) in [6.45, 7) is 1.23. The number of piperidine rings is 1. The number of β-lactam (4-membered cyclic amide) rings is 1. The van der Waals surface area contributed by atoms with Gasteiger partial charge in [-0.25, -0.2) is 9.78 Å². The number of hydrogen-bond acceptors (Lipinski definition) is 12. The van der Waals surface area contributed by atoms with Gasteiger partial charge in [0.1, 0.15) is 22.8 Å². The highest BCUT2D eigenvalue weighted by molar-refractivity contribution is 8.00. The Labute approximate surface area is 370 Å². The van der Waals surface area contributed by atoms with Crippen LogP contribution in [0.2, 0.25) is 0 Å². The lowest BCUT2D eigenvalue weighted by atomic mass is 9.80. The lowest BCUT2D eigenvalue weighted by Gasteiger charge is -2.49. The topological polar surface area (TPSA) is 225 Å². The van der Waals surface area contributed by atoms with Gasteiger partial charge < -0.3 is 35.9 Å². The van der Waals surface area contributed by atoms with E-state index < -0.39 is 40.8 Å². The third-order valence-electron chi connectivity index (χ3n) is 11.6. The summed E-state index contributed by atoms with van der Waals surface area (Å²) in [5.41, 5.74) is 7.18. The van der Waals surface area contributed by atoms with Crippen molar-refractivity contribution in [2.75, 3.05) is 31.1 Å². The molecule has 5 heterocycles. The molecule has 1 aromatic heterocycles. The molecule has 0 unspecified atom stereocenters. The summed E-state index contributed by atoms with van der Waals surface area (Å²) in [5.74, 6) is -4.13. The van der Waals surface area contributed by atoms with Crippen molar-refractivity contribution in [1.29, 1.82) is 0 Å². The molecule has 3 aromatic carbocycles. The molecule has 0 bridgehead atoms. The Morgan fingerprint density at radius 3 is 2.03 bits per heavy atom. The third kappa shape index (κ3) is 8.55. The first-order valence-corrected chi connectivity index (χ1v) is 22.3. The number of aliphatic carboxylic acids is 2. The second kappa shape index (κ2) is 18.3. The van der Waals surface area contributed by atoms with Crippen LogP contribution in [-0.4, -0.2) is 114 Å². The first-order chi connectivity index (χ1) is 30.5. The molecule has 0 aliphatic carbocycles. The van der Waals surface area contributed by atoms with Gasteiger partial charge in [-0.1, -0.05) is 96.2 Å². The summed E-state index contributed by atoms with van der Waals surface area (Å²) in [6.07, 6.45) is 2.70. The molecule has 8 rings (SSSR count). The minimum Gasteiger partial charge on any atom is -0.481 e. The number of carboxylic acid groups (broad SMARTS) is 2. The first kappa shape index (κ1) is 42.9. The number of carbonyl (C=O) groups is 6. The number of anilines is 1. The number of nitrogen functional groups attached to an aromatic ring is 1. The minimum absolute atomic E-state index is 0.0748. The summed E-state index contributed by atoms with van der Waals surface area (Å²) in [4.78, 5) is 93.4. The predicted molar refractivity (Wildman–Crippen MR) is 234 cm³/mol. The molecule has 0 spiro atoms. The Morgan fingerprint density at radius 2 is 1.49 bits per heavy atom. The van der Waals surface area contributed by atoms with Gasteiger partial charge in [-0.3, -0.25) is 28.9 Å². The number of allylic oxidation sites excluding steroid dienone is 1. The molecule has 2 atom stereocenters. The highest BCUT2D eigenvalue weighted by atomic mass is 32.2. The zero-order valence-corrected chi connectivity index (χ0v) is 35.4. The molecular formula is C45H43N7O9S2. The molecule has 3 saturated heterocycles. The van der Waals surface area contributed by atoms with Crippen LogP contribution in [0.5, 0.6) is 0 Å². The van der Waals surface area contributed by atoms with Crippen LogP contribution in [0.15, 0.2) is 124 Å². The number of thiazole rings is 1. The van der Waals surface area contributed by atoms with Crippen molar-refractivity contribution in [3.63, 3.8) is 0 Å². The molecule has 18 heteroatoms. The number of nitrogens with two attached hydrogens (primary N) is 1. The Bertz CT molecular complexity index is 2430. The number of amides is 4. The van der Waals surface area contributed by atoms with Gasteiger partial charge in [-0.05, 0) is 30.9 Å². The van der Waals surface area contributed by atoms with Gasteiger partial charge in [0.05, 0.1) is 6.42 Å². The van der Waals surface area contributed by atoms with E-state index in [9.17, 15) is 33.9 Å². The number of nitrogens with zero attached hydrogens (tertiary/aromatic N) is 5. The Balaban J connectivity index is 1.02. The van der Waals surface area contributed by atoms with E-state index in [1.807, 2.05) is 91.0 Å². The lowest BCUT2D eigenvalue weighted by molar-refractivity contribution is -0.150. The third-order valence-corrected chi connectivity index (χ3v) is 13.6. The van der Waals surface area contributed by atoms with Gasteiger partial charge in [0.2, 0.25) is 17.4 Å². The lowest BCUT2D eigenvalue weighted by Crippen LogP contribution is -2.71. The average Bonchev–Trinajstić information content (AvgIpc) is 3.90. The number of likely N-dealkylation sites (tertiary alicyclic amines) is 2. The van der Waals surface area contributed by atoms with Crippen LogP contribution in [0.25, 0.3) is 0 Å². The van der Waals surface area contributed by atoms with Crippen molar-refractivity contribution in [2.45, 2.75) is 55.2 Å². The number of benzene rings is 3. The van der Waals surface area contributed by atoms with Gasteiger partial charge in [-0.2, -0.15) is 0 Å². The number of fused-ring (bicyclic) bond motifs is 1. The molecular weight excluding hydrogens is 847 g/mol. The van der Waals surface area contributed by atoms with Crippen LogP contribution < -0.4 is 11.1 Å². The van der Waals surface area contributed by atoms with E-state index in [-0.39, 0.29) is 58.7 Å². The van der Waals surface area contributed by atoms with Crippen molar-refractivity contribution in [2.24, 2.45) is 5.16 Å². The molecule has 5 N–H and O–H groups in total. The maximum Gasteiger partial charge on any atom is 0.352 e. The normalized spacial score (nSPS) is 20.1. The number of hydrogen-bond donors (Lipinski definition) is 4. The van der Waals surface area contributed by atoms with Crippen molar-refractivity contribution in [1.82, 2.24) is 25.0 Å². The fraction of sp³-hybridized carbons (Fsp3) is 0.289. The molecule has 4 aromatic rings. The van der Waals surface area contributed by atoms with Crippen molar-refractivity contribution in [3.8, 4) is 0 Å². The van der Waals surface area contributed by atoms with Crippen LogP contribution in [0.4, 0.5) is 5.13 Å². The average molecular weight is 890 g/mol. The molecule has 3 fully saturated rings. The summed E-state index contributed by atoms with van der Waals surface area (Å²) < 4.78 is 0. The highest BCUT2D eigenvalue weighted by Gasteiger charge is 2.54. The predicted octanol–water partition coefficient (Wildman–Crippen LogP) is 4.19. The van der Waals surface area contributed by atoms with E-state index in [4.69, 9.17) is 15.7 Å². The van der Waals surface area contributed by atoms with E-state index in [2.05, 4.69) is 15.5 Å². The van der Waals surface area contributed by atoms with Gasteiger partial charge >= 0.3 is 11.9 Å². The summed E-state index contributed by atoms with van der Waals surface area (Å²) in [7, 11) is 0. The molecule has 63 heavy (non-hydrogen) atoms. The Morgan fingerprint density at radius 1 is 0.889 bits per heavy atom. The first-order valence-electron chi connectivity index (χ1n) is 20.3. The van der Waals surface area contributed by atoms with E-state index in [1.165, 1.54) is 11.8 Å². The molecule has 4 amide bonds. The van der Waals surface area contributed by atoms with E-state index in [0.29, 0.717) is 50.0 Å². The summed E-state index contributed by atoms with van der Waals surface area (Å²) >= 11 is 2.35. The molecule has 0 saturated carbocycles. The Kier molecular flexibility index (Phi) is 12.4. The summed E-state index contributed by atoms with van der Waals surface area (Å²) in [5, 5.41) is 27.6.